The van der Waals surface area contributed by atoms with Crippen LogP contribution >= 0.6 is 7.92 Å². The fourth-order valence-corrected chi connectivity index (χ4v) is 7.88. The lowest BCUT2D eigenvalue weighted by Gasteiger charge is -2.36. The third-order valence-corrected chi connectivity index (χ3v) is 9.81. The number of nitrogens with zero attached hydrogens (tertiary/aromatic N) is 3. The fraction of sp³-hybridized carbons (Fsp3) is 0.480. The summed E-state index contributed by atoms with van der Waals surface area (Å²) in [5.41, 5.74) is 0.750. The summed E-state index contributed by atoms with van der Waals surface area (Å²) in [4.78, 5) is 11.6. The lowest BCUT2D eigenvalue weighted by Crippen LogP contribution is -2.50. The average molecular weight is 501 g/mol. The van der Waals surface area contributed by atoms with E-state index in [0.29, 0.717) is 23.1 Å². The molecule has 0 aliphatic carbocycles. The molecular formula is C25H28F3N6P. The second-order valence-electron chi connectivity index (χ2n) is 9.99. The van der Waals surface area contributed by atoms with Crippen molar-refractivity contribution in [2.75, 3.05) is 24.2 Å². The predicted octanol–water partition coefficient (Wildman–Crippen LogP) is 5.36. The highest BCUT2D eigenvalue weighted by atomic mass is 31.1. The highest BCUT2D eigenvalue weighted by Gasteiger charge is 2.37. The van der Waals surface area contributed by atoms with Crippen molar-refractivity contribution < 1.29 is 13.2 Å². The Bertz CT molecular complexity index is 1280. The van der Waals surface area contributed by atoms with Crippen molar-refractivity contribution in [3.05, 3.63) is 35.7 Å². The zero-order chi connectivity index (χ0) is 24.8. The maximum Gasteiger partial charge on any atom is 0.419 e. The normalized spacial score (nSPS) is 20.7. The number of aromatic amines is 1. The summed E-state index contributed by atoms with van der Waals surface area (Å²) in [5.74, 6) is 0.183. The maximum atomic E-state index is 14.0. The number of rotatable bonds is 4. The summed E-state index contributed by atoms with van der Waals surface area (Å²) in [5, 5.41) is 18.0. The molecule has 2 saturated heterocycles. The van der Waals surface area contributed by atoms with Crippen LogP contribution in [0.1, 0.15) is 50.7 Å². The number of anilines is 1. The van der Waals surface area contributed by atoms with Crippen LogP contribution in [0.2, 0.25) is 0 Å². The predicted molar refractivity (Wildman–Crippen MR) is 133 cm³/mol. The van der Waals surface area contributed by atoms with Crippen molar-refractivity contribution in [3.8, 4) is 17.3 Å². The van der Waals surface area contributed by atoms with E-state index in [1.54, 1.807) is 18.3 Å². The number of halogens is 3. The Hall–Kier alpha value is -2.69. The Morgan fingerprint density at radius 1 is 1.23 bits per heavy atom. The standard InChI is InChI=1S/C25H28F3N6P/c1-24(2)8-7-16(12-32-24)33-23-31-14-19(25(26,27)28)20(34-23)18-13-30-21-17(18)6-5-15(11-29)22(21)35-9-3-4-10-35/h5-6,13-14,16,30,32H,3-4,7-10,12H2,1-2H3,(H,31,33,34). The van der Waals surface area contributed by atoms with E-state index in [0.717, 1.165) is 55.0 Å². The first kappa shape index (κ1) is 24.0. The fourth-order valence-electron chi connectivity index (χ4n) is 5.03. The van der Waals surface area contributed by atoms with E-state index in [2.05, 4.69) is 45.5 Å². The molecule has 2 fully saturated rings. The van der Waals surface area contributed by atoms with Gasteiger partial charge in [-0.3, -0.25) is 0 Å². The van der Waals surface area contributed by atoms with E-state index in [1.165, 1.54) is 0 Å². The van der Waals surface area contributed by atoms with Crippen LogP contribution in [0, 0.1) is 11.3 Å². The van der Waals surface area contributed by atoms with Crippen molar-refractivity contribution in [2.45, 2.75) is 57.3 Å². The lowest BCUT2D eigenvalue weighted by atomic mass is 9.91. The van der Waals surface area contributed by atoms with E-state index in [9.17, 15) is 18.4 Å². The van der Waals surface area contributed by atoms with E-state index < -0.39 is 19.7 Å². The first-order valence-corrected chi connectivity index (χ1v) is 13.6. The number of alkyl halides is 3. The number of benzene rings is 1. The number of nitriles is 1. The van der Waals surface area contributed by atoms with Crippen molar-refractivity contribution in [1.29, 1.82) is 5.26 Å². The van der Waals surface area contributed by atoms with Gasteiger partial charge in [0.15, 0.2) is 0 Å². The van der Waals surface area contributed by atoms with Gasteiger partial charge in [-0.1, -0.05) is 14.0 Å². The van der Waals surface area contributed by atoms with E-state index in [-0.39, 0.29) is 23.2 Å². The molecule has 5 rings (SSSR count). The van der Waals surface area contributed by atoms with Gasteiger partial charge in [0.1, 0.15) is 5.56 Å². The van der Waals surface area contributed by atoms with Crippen molar-refractivity contribution in [1.82, 2.24) is 20.3 Å². The smallest absolute Gasteiger partial charge is 0.360 e. The van der Waals surface area contributed by atoms with Crippen LogP contribution in [0.3, 0.4) is 0 Å². The first-order valence-electron chi connectivity index (χ1n) is 11.9. The van der Waals surface area contributed by atoms with Crippen LogP contribution in [0.5, 0.6) is 0 Å². The van der Waals surface area contributed by atoms with Gasteiger partial charge < -0.3 is 15.6 Å². The van der Waals surface area contributed by atoms with Crippen molar-refractivity contribution in [3.63, 3.8) is 0 Å². The summed E-state index contributed by atoms with van der Waals surface area (Å²) in [6.07, 6.45) is 3.99. The highest BCUT2D eigenvalue weighted by Crippen LogP contribution is 2.46. The number of nitrogens with one attached hydrogen (secondary N) is 3. The summed E-state index contributed by atoms with van der Waals surface area (Å²) < 4.78 is 42.0. The van der Waals surface area contributed by atoms with Crippen LogP contribution in [0.25, 0.3) is 22.2 Å². The van der Waals surface area contributed by atoms with Crippen LogP contribution in [0.15, 0.2) is 24.5 Å². The molecule has 4 heterocycles. The van der Waals surface area contributed by atoms with Crippen molar-refractivity contribution >= 4 is 30.1 Å². The molecule has 35 heavy (non-hydrogen) atoms. The molecule has 3 N–H and O–H groups in total. The van der Waals surface area contributed by atoms with Gasteiger partial charge in [0.25, 0.3) is 0 Å². The van der Waals surface area contributed by atoms with Gasteiger partial charge in [-0.2, -0.15) is 18.4 Å². The van der Waals surface area contributed by atoms with Gasteiger partial charge in [-0.05, 0) is 57.9 Å². The molecule has 2 aliphatic rings. The number of hydrogen-bond donors (Lipinski definition) is 3. The van der Waals surface area contributed by atoms with Crippen LogP contribution in [-0.2, 0) is 6.18 Å². The number of aromatic nitrogens is 3. The third kappa shape index (κ3) is 4.74. The zero-order valence-electron chi connectivity index (χ0n) is 19.8. The number of piperidine rings is 1. The largest absolute Gasteiger partial charge is 0.419 e. The molecule has 0 bridgehead atoms. The van der Waals surface area contributed by atoms with Gasteiger partial charge >= 0.3 is 6.18 Å². The molecule has 6 nitrogen and oxygen atoms in total. The molecule has 1 atom stereocenters. The Morgan fingerprint density at radius 2 is 2.00 bits per heavy atom. The monoisotopic (exact) mass is 500 g/mol. The van der Waals surface area contributed by atoms with Crippen LogP contribution < -0.4 is 15.9 Å². The highest BCUT2D eigenvalue weighted by molar-refractivity contribution is 7.66. The SMILES string of the molecule is CC1(C)CCC(Nc2ncc(C(F)(F)F)c(-c3c[nH]c4c(P5CCCC5)c(C#N)ccc34)n2)CN1. The number of hydrogen-bond acceptors (Lipinski definition) is 5. The Kier molecular flexibility index (Phi) is 6.23. The van der Waals surface area contributed by atoms with E-state index in [1.807, 2.05) is 0 Å². The van der Waals surface area contributed by atoms with Gasteiger partial charge in [-0.25, -0.2) is 9.97 Å². The quantitative estimate of drug-likeness (QED) is 0.420. The molecule has 3 aromatic rings. The molecular weight excluding hydrogens is 472 g/mol. The molecule has 1 unspecified atom stereocenters. The summed E-state index contributed by atoms with van der Waals surface area (Å²) in [6, 6.07) is 5.79. The second-order valence-corrected chi connectivity index (χ2v) is 12.4. The topological polar surface area (TPSA) is 89.4 Å². The Morgan fingerprint density at radius 3 is 2.66 bits per heavy atom. The molecule has 184 valence electrons. The minimum atomic E-state index is -4.60. The summed E-state index contributed by atoms with van der Waals surface area (Å²) in [7, 11) is -0.507. The van der Waals surface area contributed by atoms with Gasteiger partial charge in [-0.15, -0.1) is 0 Å². The zero-order valence-corrected chi connectivity index (χ0v) is 20.7. The molecule has 10 heteroatoms. The average Bonchev–Trinajstić information content (AvgIpc) is 3.49. The minimum absolute atomic E-state index is 0.0329. The van der Waals surface area contributed by atoms with Gasteiger partial charge in [0.05, 0.1) is 22.8 Å². The molecule has 0 amide bonds. The first-order chi connectivity index (χ1) is 16.7. The molecule has 2 aliphatic heterocycles. The summed E-state index contributed by atoms with van der Waals surface area (Å²) in [6.45, 7) is 4.95. The van der Waals surface area contributed by atoms with Gasteiger partial charge in [0, 0.05) is 46.8 Å². The Balaban J connectivity index is 1.57. The Labute approximate surface area is 203 Å². The van der Waals surface area contributed by atoms with Crippen LogP contribution in [0.4, 0.5) is 19.1 Å². The molecule has 0 saturated carbocycles. The van der Waals surface area contributed by atoms with Crippen molar-refractivity contribution in [2.24, 2.45) is 0 Å². The number of H-pyrrole nitrogens is 1. The minimum Gasteiger partial charge on any atom is -0.360 e. The molecule has 0 radical (unpaired) electrons. The van der Waals surface area contributed by atoms with E-state index >= 15 is 0 Å². The van der Waals surface area contributed by atoms with Gasteiger partial charge in [0.2, 0.25) is 5.95 Å². The molecule has 2 aromatic heterocycles. The summed E-state index contributed by atoms with van der Waals surface area (Å²) >= 11 is 0. The molecule has 0 spiro atoms. The number of fused-ring (bicyclic) bond motifs is 1. The second kappa shape index (κ2) is 9.07. The van der Waals surface area contributed by atoms with E-state index in [4.69, 9.17) is 0 Å². The third-order valence-electron chi connectivity index (χ3n) is 7.00. The van der Waals surface area contributed by atoms with Crippen LogP contribution in [-0.4, -0.2) is 45.4 Å². The maximum absolute atomic E-state index is 14.0. The molecule has 1 aromatic carbocycles. The lowest BCUT2D eigenvalue weighted by molar-refractivity contribution is -0.137.